The minimum atomic E-state index is -3.87. The lowest BCUT2D eigenvalue weighted by Gasteiger charge is -2.39. The van der Waals surface area contributed by atoms with Crippen LogP contribution in [-0.4, -0.2) is 71.7 Å². The Morgan fingerprint density at radius 3 is 2.56 bits per heavy atom. The zero-order valence-electron chi connectivity index (χ0n) is 30.4. The van der Waals surface area contributed by atoms with E-state index in [1.807, 2.05) is 18.2 Å². The van der Waals surface area contributed by atoms with Crippen LogP contribution in [0.25, 0.3) is 22.2 Å². The number of carbonyl (C=O) groups is 1. The van der Waals surface area contributed by atoms with Crippen molar-refractivity contribution in [1.82, 2.24) is 19.7 Å². The summed E-state index contributed by atoms with van der Waals surface area (Å²) in [7, 11) is -6.02. The van der Waals surface area contributed by atoms with Gasteiger partial charge in [0.1, 0.15) is 63.6 Å². The van der Waals surface area contributed by atoms with Gasteiger partial charge in [-0.1, -0.05) is 37.6 Å². The molecule has 13 nitrogen and oxygen atoms in total. The fourth-order valence-corrected chi connectivity index (χ4v) is 9.01. The molecule has 2 aromatic heterocycles. The zero-order chi connectivity index (χ0) is 39.3. The first kappa shape index (κ1) is 40.8. The normalized spacial score (nSPS) is 14.2. The molecule has 0 saturated heterocycles. The van der Waals surface area contributed by atoms with E-state index in [9.17, 15) is 27.3 Å². The number of methoxy groups -OCH3 is 1. The SMILES string of the molecule is COCP(=O)(NC(C)(C(=O)O)C(C)C)N(CCS(C)(=O)=O)Cc1ccc(-c2ccc3ncnc(Nc4ccc(OCc5cccc(F)c5)c(Cl)c4)c3c2)o1. The van der Waals surface area contributed by atoms with Gasteiger partial charge in [-0.15, -0.1) is 0 Å². The van der Waals surface area contributed by atoms with Crippen molar-refractivity contribution in [3.8, 4) is 17.1 Å². The molecule has 3 aromatic carbocycles. The summed E-state index contributed by atoms with van der Waals surface area (Å²) in [5, 5.41) is 17.2. The number of carboxylic acids is 1. The number of halogens is 2. The summed E-state index contributed by atoms with van der Waals surface area (Å²) < 4.78 is 71.2. The molecular weight excluding hydrogens is 760 g/mol. The van der Waals surface area contributed by atoms with Gasteiger partial charge in [0, 0.05) is 36.5 Å². The molecule has 2 unspecified atom stereocenters. The van der Waals surface area contributed by atoms with E-state index in [-0.39, 0.29) is 37.6 Å². The Labute approximate surface area is 318 Å². The van der Waals surface area contributed by atoms with Crippen LogP contribution in [0.2, 0.25) is 5.02 Å². The molecule has 5 rings (SSSR count). The van der Waals surface area contributed by atoms with Crippen molar-refractivity contribution in [3.05, 3.63) is 101 Å². The number of fused-ring (bicyclic) bond motifs is 1. The molecule has 0 spiro atoms. The maximum Gasteiger partial charge on any atom is 0.324 e. The number of nitrogens with zero attached hydrogens (tertiary/aromatic N) is 3. The largest absolute Gasteiger partial charge is 0.487 e. The van der Waals surface area contributed by atoms with Crippen LogP contribution in [-0.2, 0) is 37.1 Å². The van der Waals surface area contributed by atoms with E-state index >= 15 is 0 Å². The first-order valence-electron chi connectivity index (χ1n) is 16.8. The molecule has 2 heterocycles. The predicted molar refractivity (Wildman–Crippen MR) is 206 cm³/mol. The van der Waals surface area contributed by atoms with Crippen molar-refractivity contribution >= 4 is 57.3 Å². The van der Waals surface area contributed by atoms with E-state index in [1.165, 1.54) is 37.2 Å². The summed E-state index contributed by atoms with van der Waals surface area (Å²) in [4.78, 5) is 21.2. The number of sulfone groups is 1. The third-order valence-corrected chi connectivity index (χ3v) is 12.8. The van der Waals surface area contributed by atoms with E-state index in [0.717, 1.165) is 6.26 Å². The van der Waals surface area contributed by atoms with Gasteiger partial charge in [-0.05, 0) is 79.1 Å². The predicted octanol–water partition coefficient (Wildman–Crippen LogP) is 7.74. The molecule has 2 atom stereocenters. The van der Waals surface area contributed by atoms with Gasteiger partial charge in [-0.25, -0.2) is 32.5 Å². The number of hydrogen-bond donors (Lipinski definition) is 3. The van der Waals surface area contributed by atoms with Crippen LogP contribution in [0.15, 0.2) is 83.5 Å². The lowest BCUT2D eigenvalue weighted by molar-refractivity contribution is -0.145. The number of nitrogens with one attached hydrogen (secondary N) is 2. The van der Waals surface area contributed by atoms with Gasteiger partial charge < -0.3 is 24.3 Å². The third kappa shape index (κ3) is 10.0. The molecule has 0 amide bonds. The van der Waals surface area contributed by atoms with Crippen molar-refractivity contribution in [2.24, 2.45) is 5.92 Å². The van der Waals surface area contributed by atoms with Crippen LogP contribution in [0.4, 0.5) is 15.9 Å². The summed E-state index contributed by atoms with van der Waals surface area (Å²) in [6, 6.07) is 20.2. The molecule has 17 heteroatoms. The van der Waals surface area contributed by atoms with Gasteiger partial charge in [0.15, 0.2) is 0 Å². The number of carboxylic acid groups (broad SMARTS) is 1. The summed E-state index contributed by atoms with van der Waals surface area (Å²) in [5.74, 6) is -0.648. The van der Waals surface area contributed by atoms with E-state index in [1.54, 1.807) is 56.3 Å². The molecule has 0 radical (unpaired) electrons. The standard InChI is InChI=1S/C37H42ClFN5O8PS/c1-24(2)37(3,36(45)46)43-53(47,23-50-4)44(15-16-54(5,48)49)20-29-11-14-33(52-29)26-9-12-32-30(18-26)35(41-22-40-32)42-28-10-13-34(31(38)19-28)51-21-25-7-6-8-27(39)17-25/h6-14,17-19,22,24H,15-16,20-21,23H2,1-5H3,(H,43,47)(H,45,46)(H,40,41,42). The first-order chi connectivity index (χ1) is 25.5. The second-order valence-electron chi connectivity index (χ2n) is 13.3. The Hall–Kier alpha value is -4.37. The van der Waals surface area contributed by atoms with Gasteiger partial charge in [0.2, 0.25) is 7.44 Å². The Kier molecular flexibility index (Phi) is 12.8. The maximum absolute atomic E-state index is 14.6. The average Bonchev–Trinajstić information content (AvgIpc) is 3.58. The number of furan rings is 1. The maximum atomic E-state index is 14.6. The second-order valence-corrected chi connectivity index (χ2v) is 18.4. The topological polar surface area (TPSA) is 173 Å². The summed E-state index contributed by atoms with van der Waals surface area (Å²) in [6.07, 6.45) is 2.12. The van der Waals surface area contributed by atoms with Gasteiger partial charge in [-0.2, -0.15) is 0 Å². The number of anilines is 2. The highest BCUT2D eigenvalue weighted by Crippen LogP contribution is 2.49. The highest BCUT2D eigenvalue weighted by Gasteiger charge is 2.45. The molecular formula is C37H42ClFN5O8PS. The van der Waals surface area contributed by atoms with Crippen molar-refractivity contribution < 1.29 is 41.2 Å². The van der Waals surface area contributed by atoms with Crippen LogP contribution in [0.5, 0.6) is 5.75 Å². The van der Waals surface area contributed by atoms with Crippen molar-refractivity contribution in [1.29, 1.82) is 0 Å². The Morgan fingerprint density at radius 2 is 1.89 bits per heavy atom. The Morgan fingerprint density at radius 1 is 1.11 bits per heavy atom. The molecule has 0 bridgehead atoms. The number of hydrogen-bond acceptors (Lipinski definition) is 10. The minimum absolute atomic E-state index is 0.108. The van der Waals surface area contributed by atoms with Gasteiger partial charge >= 0.3 is 5.97 Å². The summed E-state index contributed by atoms with van der Waals surface area (Å²) >= 11 is 6.53. The average molecular weight is 802 g/mol. The van der Waals surface area contributed by atoms with Crippen LogP contribution < -0.4 is 15.1 Å². The Bertz CT molecular complexity index is 2290. The molecule has 0 aliphatic carbocycles. The fraction of sp³-hybridized carbons (Fsp3) is 0.324. The molecule has 0 aliphatic heterocycles. The van der Waals surface area contributed by atoms with Crippen molar-refractivity contribution in [3.63, 3.8) is 0 Å². The van der Waals surface area contributed by atoms with E-state index in [0.29, 0.717) is 55.8 Å². The lowest BCUT2D eigenvalue weighted by atomic mass is 9.90. The minimum Gasteiger partial charge on any atom is -0.487 e. The number of aromatic nitrogens is 2. The zero-order valence-corrected chi connectivity index (χ0v) is 32.8. The van der Waals surface area contributed by atoms with Crippen molar-refractivity contribution in [2.75, 3.05) is 37.3 Å². The quantitative estimate of drug-likeness (QED) is 0.0736. The molecule has 288 valence electrons. The van der Waals surface area contributed by atoms with E-state index < -0.39 is 34.7 Å². The van der Waals surface area contributed by atoms with Gasteiger partial charge in [0.25, 0.3) is 0 Å². The molecule has 3 N–H and O–H groups in total. The van der Waals surface area contributed by atoms with Crippen molar-refractivity contribution in [2.45, 2.75) is 39.5 Å². The smallest absolute Gasteiger partial charge is 0.324 e. The molecule has 0 fully saturated rings. The highest BCUT2D eigenvalue weighted by molar-refractivity contribution is 7.90. The fourth-order valence-electron chi connectivity index (χ4n) is 5.50. The van der Waals surface area contributed by atoms with Gasteiger partial charge in [-0.3, -0.25) is 9.36 Å². The van der Waals surface area contributed by atoms with Crippen LogP contribution in [0.1, 0.15) is 32.1 Å². The molecule has 0 aliphatic rings. The number of benzene rings is 3. The third-order valence-electron chi connectivity index (χ3n) is 8.88. The van der Waals surface area contributed by atoms with Crippen LogP contribution in [0.3, 0.4) is 0 Å². The molecule has 0 saturated carbocycles. The first-order valence-corrected chi connectivity index (χ1v) is 21.1. The number of aliphatic carboxylic acids is 1. The van der Waals surface area contributed by atoms with Crippen LogP contribution in [0, 0.1) is 11.7 Å². The molecule has 54 heavy (non-hydrogen) atoms. The van der Waals surface area contributed by atoms with E-state index in [2.05, 4.69) is 20.4 Å². The summed E-state index contributed by atoms with van der Waals surface area (Å²) in [6.45, 7) is 4.66. The van der Waals surface area contributed by atoms with Crippen LogP contribution >= 0.6 is 19.0 Å². The number of ether oxygens (including phenoxy) is 2. The number of rotatable bonds is 18. The van der Waals surface area contributed by atoms with E-state index in [4.69, 9.17) is 25.5 Å². The molecule has 5 aromatic rings. The lowest BCUT2D eigenvalue weighted by Crippen LogP contribution is -2.54. The highest BCUT2D eigenvalue weighted by atomic mass is 35.5. The monoisotopic (exact) mass is 801 g/mol. The summed E-state index contributed by atoms with van der Waals surface area (Å²) in [5.41, 5.74) is 0.996. The van der Waals surface area contributed by atoms with Gasteiger partial charge in [0.05, 0.1) is 22.8 Å². The second kappa shape index (κ2) is 17.0. The Balaban J connectivity index is 1.39.